The standard InChI is InChI=1S/C6H4N4O2S/c11-6(12)5-7-3-10(8-5)4-1-2-13-9-4/h1-3H,(H,11,12). The molecule has 0 aliphatic carbocycles. The predicted octanol–water partition coefficient (Wildman–Crippen LogP) is 0.422. The number of aromatic nitrogens is 4. The fraction of sp³-hybridized carbons (Fsp3) is 0. The van der Waals surface area contributed by atoms with Crippen molar-refractivity contribution in [1.29, 1.82) is 0 Å². The van der Waals surface area contributed by atoms with E-state index in [9.17, 15) is 4.79 Å². The molecule has 0 saturated carbocycles. The Morgan fingerprint density at radius 3 is 3.00 bits per heavy atom. The van der Waals surface area contributed by atoms with Crippen LogP contribution >= 0.6 is 11.5 Å². The van der Waals surface area contributed by atoms with E-state index in [0.717, 1.165) is 0 Å². The Kier molecular flexibility index (Phi) is 1.78. The van der Waals surface area contributed by atoms with Gasteiger partial charge in [0.1, 0.15) is 6.33 Å². The van der Waals surface area contributed by atoms with Gasteiger partial charge in [-0.25, -0.2) is 14.5 Å². The van der Waals surface area contributed by atoms with E-state index in [1.54, 1.807) is 11.4 Å². The van der Waals surface area contributed by atoms with Gasteiger partial charge in [0.15, 0.2) is 5.82 Å². The number of hydrogen-bond donors (Lipinski definition) is 1. The summed E-state index contributed by atoms with van der Waals surface area (Å²) in [6.07, 6.45) is 1.32. The molecule has 2 rings (SSSR count). The molecular weight excluding hydrogens is 192 g/mol. The maximum absolute atomic E-state index is 10.4. The van der Waals surface area contributed by atoms with Crippen LogP contribution in [-0.4, -0.2) is 30.2 Å². The van der Waals surface area contributed by atoms with Crippen LogP contribution in [-0.2, 0) is 0 Å². The fourth-order valence-corrected chi connectivity index (χ4v) is 1.29. The molecule has 6 nitrogen and oxygen atoms in total. The van der Waals surface area contributed by atoms with Gasteiger partial charge in [-0.3, -0.25) is 0 Å². The van der Waals surface area contributed by atoms with Gasteiger partial charge < -0.3 is 5.11 Å². The molecular formula is C6H4N4O2S. The average molecular weight is 196 g/mol. The number of carbonyl (C=O) groups is 1. The summed E-state index contributed by atoms with van der Waals surface area (Å²) in [5.41, 5.74) is 0. The summed E-state index contributed by atoms with van der Waals surface area (Å²) < 4.78 is 5.29. The minimum Gasteiger partial charge on any atom is -0.475 e. The van der Waals surface area contributed by atoms with Crippen LogP contribution in [0.15, 0.2) is 17.8 Å². The smallest absolute Gasteiger partial charge is 0.375 e. The van der Waals surface area contributed by atoms with Crippen molar-refractivity contribution in [1.82, 2.24) is 19.1 Å². The Morgan fingerprint density at radius 2 is 2.46 bits per heavy atom. The van der Waals surface area contributed by atoms with Crippen molar-refractivity contribution < 1.29 is 9.90 Å². The number of rotatable bonds is 2. The maximum Gasteiger partial charge on any atom is 0.375 e. The number of aromatic carboxylic acids is 1. The van der Waals surface area contributed by atoms with Crippen LogP contribution in [0.2, 0.25) is 0 Å². The number of carboxylic acids is 1. The van der Waals surface area contributed by atoms with E-state index < -0.39 is 5.97 Å². The first-order valence-electron chi connectivity index (χ1n) is 3.33. The van der Waals surface area contributed by atoms with Gasteiger partial charge in [0.05, 0.1) is 0 Å². The second-order valence-electron chi connectivity index (χ2n) is 2.18. The van der Waals surface area contributed by atoms with Crippen molar-refractivity contribution in [3.63, 3.8) is 0 Å². The highest BCUT2D eigenvalue weighted by Crippen LogP contribution is 2.04. The first-order chi connectivity index (χ1) is 6.27. The van der Waals surface area contributed by atoms with Gasteiger partial charge in [-0.05, 0) is 17.6 Å². The van der Waals surface area contributed by atoms with Gasteiger partial charge in [0, 0.05) is 5.38 Å². The molecule has 2 aromatic heterocycles. The van der Waals surface area contributed by atoms with Crippen molar-refractivity contribution in [3.05, 3.63) is 23.6 Å². The summed E-state index contributed by atoms with van der Waals surface area (Å²) in [6, 6.07) is 1.73. The molecule has 0 atom stereocenters. The van der Waals surface area contributed by atoms with E-state index in [0.29, 0.717) is 5.82 Å². The van der Waals surface area contributed by atoms with Gasteiger partial charge >= 0.3 is 5.97 Å². The third-order valence-corrected chi connectivity index (χ3v) is 1.89. The number of nitrogens with zero attached hydrogens (tertiary/aromatic N) is 4. The quantitative estimate of drug-likeness (QED) is 0.752. The summed E-state index contributed by atoms with van der Waals surface area (Å²) in [4.78, 5) is 14.0. The van der Waals surface area contributed by atoms with Crippen molar-refractivity contribution >= 4 is 17.5 Å². The topological polar surface area (TPSA) is 80.9 Å². The maximum atomic E-state index is 10.4. The normalized spacial score (nSPS) is 10.2. The van der Waals surface area contributed by atoms with Gasteiger partial charge in [-0.2, -0.15) is 4.37 Å². The molecule has 2 heterocycles. The molecule has 0 aromatic carbocycles. The molecule has 0 spiro atoms. The lowest BCUT2D eigenvalue weighted by molar-refractivity contribution is 0.0683. The molecule has 13 heavy (non-hydrogen) atoms. The summed E-state index contributed by atoms with van der Waals surface area (Å²) in [5.74, 6) is -0.799. The van der Waals surface area contributed by atoms with Crippen LogP contribution in [0.1, 0.15) is 10.6 Å². The SMILES string of the molecule is O=C(O)c1ncn(-c2ccsn2)n1. The Morgan fingerprint density at radius 1 is 1.62 bits per heavy atom. The molecule has 2 aromatic rings. The van der Waals surface area contributed by atoms with Gasteiger partial charge in [-0.15, -0.1) is 5.10 Å². The van der Waals surface area contributed by atoms with Crippen molar-refractivity contribution in [2.24, 2.45) is 0 Å². The molecule has 0 saturated heterocycles. The van der Waals surface area contributed by atoms with Crippen LogP contribution in [0.4, 0.5) is 0 Å². The Hall–Kier alpha value is -1.76. The average Bonchev–Trinajstić information content (AvgIpc) is 2.75. The highest BCUT2D eigenvalue weighted by Gasteiger charge is 2.09. The zero-order valence-corrected chi connectivity index (χ0v) is 7.10. The Labute approximate surface area is 76.6 Å². The molecule has 0 aliphatic rings. The largest absolute Gasteiger partial charge is 0.475 e. The lowest BCUT2D eigenvalue weighted by Crippen LogP contribution is -2.01. The van der Waals surface area contributed by atoms with Crippen LogP contribution in [0.25, 0.3) is 5.82 Å². The first-order valence-corrected chi connectivity index (χ1v) is 4.17. The van der Waals surface area contributed by atoms with Crippen molar-refractivity contribution in [3.8, 4) is 5.82 Å². The molecule has 0 unspecified atom stereocenters. The number of carboxylic acid groups (broad SMARTS) is 1. The van der Waals surface area contributed by atoms with Crippen LogP contribution < -0.4 is 0 Å². The molecule has 7 heteroatoms. The Bertz CT molecular complexity index is 422. The van der Waals surface area contributed by atoms with Gasteiger partial charge in [0.2, 0.25) is 0 Å². The van der Waals surface area contributed by atoms with E-state index in [4.69, 9.17) is 5.11 Å². The summed E-state index contributed by atoms with van der Waals surface area (Å²) in [6.45, 7) is 0. The summed E-state index contributed by atoms with van der Waals surface area (Å²) in [7, 11) is 0. The van der Waals surface area contributed by atoms with Gasteiger partial charge in [0.25, 0.3) is 5.82 Å². The predicted molar refractivity (Wildman–Crippen MR) is 44.0 cm³/mol. The number of hydrogen-bond acceptors (Lipinski definition) is 5. The first kappa shape index (κ1) is 7.87. The third kappa shape index (κ3) is 1.41. The molecule has 0 fully saturated rings. The molecule has 0 aliphatic heterocycles. The molecule has 0 bridgehead atoms. The van der Waals surface area contributed by atoms with E-state index in [1.807, 2.05) is 0 Å². The molecule has 0 amide bonds. The van der Waals surface area contributed by atoms with E-state index in [1.165, 1.54) is 22.5 Å². The van der Waals surface area contributed by atoms with Crippen molar-refractivity contribution in [2.45, 2.75) is 0 Å². The zero-order valence-electron chi connectivity index (χ0n) is 6.28. The van der Waals surface area contributed by atoms with Gasteiger partial charge in [-0.1, -0.05) is 0 Å². The van der Waals surface area contributed by atoms with Crippen LogP contribution in [0.3, 0.4) is 0 Å². The minimum atomic E-state index is -1.14. The fourth-order valence-electron chi connectivity index (χ4n) is 0.796. The zero-order chi connectivity index (χ0) is 9.26. The monoisotopic (exact) mass is 196 g/mol. The molecule has 66 valence electrons. The van der Waals surface area contributed by atoms with Crippen molar-refractivity contribution in [2.75, 3.05) is 0 Å². The lowest BCUT2D eigenvalue weighted by atomic mass is 10.6. The third-order valence-electron chi connectivity index (χ3n) is 1.34. The van der Waals surface area contributed by atoms with E-state index >= 15 is 0 Å². The van der Waals surface area contributed by atoms with Crippen LogP contribution in [0.5, 0.6) is 0 Å². The molecule has 1 N–H and O–H groups in total. The summed E-state index contributed by atoms with van der Waals surface area (Å²) >= 11 is 1.27. The lowest BCUT2D eigenvalue weighted by Gasteiger charge is -1.89. The second-order valence-corrected chi connectivity index (χ2v) is 2.84. The van der Waals surface area contributed by atoms with E-state index in [2.05, 4.69) is 14.5 Å². The highest BCUT2D eigenvalue weighted by molar-refractivity contribution is 7.03. The van der Waals surface area contributed by atoms with Crippen LogP contribution in [0, 0.1) is 0 Å². The highest BCUT2D eigenvalue weighted by atomic mass is 32.1. The van der Waals surface area contributed by atoms with E-state index in [-0.39, 0.29) is 5.82 Å². The summed E-state index contributed by atoms with van der Waals surface area (Å²) in [5, 5.41) is 14.0. The Balaban J connectivity index is 2.39. The minimum absolute atomic E-state index is 0.229. The molecule has 0 radical (unpaired) electrons. The second kappa shape index (κ2) is 2.94.